The van der Waals surface area contributed by atoms with Crippen molar-refractivity contribution in [2.24, 2.45) is 0 Å². The Hall–Kier alpha value is -3.78. The highest BCUT2D eigenvalue weighted by Gasteiger charge is 2.10. The molecule has 8 nitrogen and oxygen atoms in total. The molecule has 150 valence electrons. The number of hydrogen-bond acceptors (Lipinski definition) is 5. The Kier molecular flexibility index (Phi) is 5.67. The van der Waals surface area contributed by atoms with E-state index in [-0.39, 0.29) is 18.0 Å². The van der Waals surface area contributed by atoms with Crippen LogP contribution in [0, 0.1) is 0 Å². The summed E-state index contributed by atoms with van der Waals surface area (Å²) in [5.74, 6) is -0.357. The zero-order valence-corrected chi connectivity index (χ0v) is 16.5. The Labute approximate surface area is 176 Å². The minimum Gasteiger partial charge on any atom is -0.324 e. The first-order valence-corrected chi connectivity index (χ1v) is 9.50. The summed E-state index contributed by atoms with van der Waals surface area (Å²) in [5.41, 5.74) is 2.48. The Morgan fingerprint density at radius 1 is 1.03 bits per heavy atom. The molecule has 0 saturated heterocycles. The first-order valence-electron chi connectivity index (χ1n) is 9.13. The lowest BCUT2D eigenvalue weighted by molar-refractivity contribution is -0.117. The van der Waals surface area contributed by atoms with Crippen molar-refractivity contribution in [2.45, 2.75) is 13.1 Å². The minimum atomic E-state index is -0.371. The summed E-state index contributed by atoms with van der Waals surface area (Å²) >= 11 is 6.21. The fourth-order valence-electron chi connectivity index (χ4n) is 2.91. The van der Waals surface area contributed by atoms with Gasteiger partial charge in [-0.1, -0.05) is 41.9 Å². The summed E-state index contributed by atoms with van der Waals surface area (Å²) < 4.78 is 2.82. The topological polar surface area (TPSA) is 94.7 Å². The number of nitrogens with zero attached hydrogens (tertiary/aromatic N) is 5. The SMILES string of the molecule is O=C(Cn1nc(-c2ccccc2Cl)ccc1=O)Nc1ccc(Cn2cncn2)cc1. The highest BCUT2D eigenvalue weighted by molar-refractivity contribution is 6.33. The first-order chi connectivity index (χ1) is 14.6. The van der Waals surface area contributed by atoms with Crippen LogP contribution in [0.5, 0.6) is 0 Å². The average molecular weight is 421 g/mol. The summed E-state index contributed by atoms with van der Waals surface area (Å²) in [6, 6.07) is 17.5. The van der Waals surface area contributed by atoms with Gasteiger partial charge in [-0.05, 0) is 29.8 Å². The Balaban J connectivity index is 1.44. The summed E-state index contributed by atoms with van der Waals surface area (Å²) in [5, 5.41) is 11.6. The van der Waals surface area contributed by atoms with Gasteiger partial charge in [0.05, 0.1) is 17.3 Å². The normalized spacial score (nSPS) is 10.7. The van der Waals surface area contributed by atoms with Gasteiger partial charge in [0.25, 0.3) is 5.56 Å². The smallest absolute Gasteiger partial charge is 0.267 e. The molecular formula is C21H17ClN6O2. The van der Waals surface area contributed by atoms with Crippen molar-refractivity contribution in [3.8, 4) is 11.3 Å². The maximum absolute atomic E-state index is 12.4. The predicted octanol–water partition coefficient (Wildman–Crippen LogP) is 2.84. The summed E-state index contributed by atoms with van der Waals surface area (Å²) in [4.78, 5) is 28.5. The number of nitrogens with one attached hydrogen (secondary N) is 1. The molecule has 2 heterocycles. The average Bonchev–Trinajstić information content (AvgIpc) is 3.25. The van der Waals surface area contributed by atoms with Crippen LogP contribution in [0.25, 0.3) is 11.3 Å². The van der Waals surface area contributed by atoms with E-state index >= 15 is 0 Å². The van der Waals surface area contributed by atoms with Crippen LogP contribution in [0.1, 0.15) is 5.56 Å². The number of carbonyl (C=O) groups excluding carboxylic acids is 1. The van der Waals surface area contributed by atoms with Crippen LogP contribution in [0.3, 0.4) is 0 Å². The van der Waals surface area contributed by atoms with E-state index in [1.165, 1.54) is 12.4 Å². The maximum atomic E-state index is 12.4. The molecule has 0 bridgehead atoms. The number of amides is 1. The zero-order valence-electron chi connectivity index (χ0n) is 15.8. The van der Waals surface area contributed by atoms with E-state index in [1.807, 2.05) is 24.3 Å². The first kappa shape index (κ1) is 19.5. The van der Waals surface area contributed by atoms with Gasteiger partial charge in [0.2, 0.25) is 5.91 Å². The van der Waals surface area contributed by atoms with Crippen molar-refractivity contribution in [3.05, 3.63) is 94.3 Å². The lowest BCUT2D eigenvalue weighted by Gasteiger charge is -2.09. The molecule has 0 aliphatic rings. The molecule has 9 heteroatoms. The molecule has 30 heavy (non-hydrogen) atoms. The molecule has 0 aliphatic carbocycles. The van der Waals surface area contributed by atoms with Crippen LogP contribution in [-0.2, 0) is 17.9 Å². The van der Waals surface area contributed by atoms with Gasteiger partial charge in [0.1, 0.15) is 19.2 Å². The van der Waals surface area contributed by atoms with Crippen molar-refractivity contribution < 1.29 is 4.79 Å². The number of aromatic nitrogens is 5. The van der Waals surface area contributed by atoms with Gasteiger partial charge in [-0.25, -0.2) is 14.3 Å². The highest BCUT2D eigenvalue weighted by Crippen LogP contribution is 2.24. The van der Waals surface area contributed by atoms with E-state index in [0.29, 0.717) is 28.5 Å². The third-order valence-corrected chi connectivity index (χ3v) is 4.69. The number of carbonyl (C=O) groups is 1. The van der Waals surface area contributed by atoms with Gasteiger partial charge in [-0.3, -0.25) is 9.59 Å². The van der Waals surface area contributed by atoms with E-state index in [0.717, 1.165) is 10.2 Å². The van der Waals surface area contributed by atoms with Crippen molar-refractivity contribution in [2.75, 3.05) is 5.32 Å². The largest absolute Gasteiger partial charge is 0.324 e. The van der Waals surface area contributed by atoms with Crippen LogP contribution >= 0.6 is 11.6 Å². The van der Waals surface area contributed by atoms with Crippen LogP contribution in [0.2, 0.25) is 5.02 Å². The molecule has 1 N–H and O–H groups in total. The van der Waals surface area contributed by atoms with Gasteiger partial charge < -0.3 is 5.32 Å². The van der Waals surface area contributed by atoms with Crippen molar-refractivity contribution in [1.82, 2.24) is 24.5 Å². The van der Waals surface area contributed by atoms with Gasteiger partial charge in [0, 0.05) is 17.3 Å². The van der Waals surface area contributed by atoms with Gasteiger partial charge >= 0.3 is 0 Å². The minimum absolute atomic E-state index is 0.210. The molecule has 0 spiro atoms. The molecule has 0 unspecified atom stereocenters. The molecule has 2 aromatic heterocycles. The molecule has 1 amide bonds. The second-order valence-corrected chi connectivity index (χ2v) is 6.94. The Morgan fingerprint density at radius 3 is 2.57 bits per heavy atom. The summed E-state index contributed by atoms with van der Waals surface area (Å²) in [6.07, 6.45) is 3.11. The second-order valence-electron chi connectivity index (χ2n) is 6.53. The summed E-state index contributed by atoms with van der Waals surface area (Å²) in [6.45, 7) is 0.375. The molecule has 2 aromatic carbocycles. The van der Waals surface area contributed by atoms with E-state index in [9.17, 15) is 9.59 Å². The van der Waals surface area contributed by atoms with Crippen LogP contribution < -0.4 is 10.9 Å². The van der Waals surface area contributed by atoms with E-state index in [2.05, 4.69) is 20.5 Å². The second kappa shape index (κ2) is 8.71. The molecule has 0 aliphatic heterocycles. The van der Waals surface area contributed by atoms with Crippen LogP contribution in [0.4, 0.5) is 5.69 Å². The summed E-state index contributed by atoms with van der Waals surface area (Å²) in [7, 11) is 0. The molecule has 0 saturated carbocycles. The highest BCUT2D eigenvalue weighted by atomic mass is 35.5. The van der Waals surface area contributed by atoms with E-state index < -0.39 is 0 Å². The standard InChI is InChI=1S/C21H17ClN6O2/c22-18-4-2-1-3-17(18)19-9-10-21(30)28(26-19)12-20(29)25-16-7-5-15(6-8-16)11-27-14-23-13-24-27/h1-10,13-14H,11-12H2,(H,25,29). The number of benzene rings is 2. The van der Waals surface area contributed by atoms with Gasteiger partial charge in [-0.15, -0.1) is 0 Å². The maximum Gasteiger partial charge on any atom is 0.267 e. The lowest BCUT2D eigenvalue weighted by Crippen LogP contribution is -2.29. The Morgan fingerprint density at radius 2 is 1.83 bits per heavy atom. The zero-order chi connectivity index (χ0) is 20.9. The Bertz CT molecular complexity index is 1220. The van der Waals surface area contributed by atoms with Crippen molar-refractivity contribution in [1.29, 1.82) is 0 Å². The fourth-order valence-corrected chi connectivity index (χ4v) is 3.14. The van der Waals surface area contributed by atoms with Gasteiger partial charge in [0.15, 0.2) is 0 Å². The predicted molar refractivity (Wildman–Crippen MR) is 113 cm³/mol. The molecule has 4 rings (SSSR count). The molecule has 0 atom stereocenters. The van der Waals surface area contributed by atoms with E-state index in [1.54, 1.807) is 41.3 Å². The monoisotopic (exact) mass is 420 g/mol. The quantitative estimate of drug-likeness (QED) is 0.517. The van der Waals surface area contributed by atoms with Gasteiger partial charge in [-0.2, -0.15) is 10.2 Å². The molecule has 0 radical (unpaired) electrons. The van der Waals surface area contributed by atoms with Crippen molar-refractivity contribution in [3.63, 3.8) is 0 Å². The molecule has 4 aromatic rings. The number of halogens is 1. The third kappa shape index (κ3) is 4.61. The third-order valence-electron chi connectivity index (χ3n) is 4.36. The molecular weight excluding hydrogens is 404 g/mol. The van der Waals surface area contributed by atoms with Crippen LogP contribution in [-0.4, -0.2) is 30.5 Å². The van der Waals surface area contributed by atoms with Crippen LogP contribution in [0.15, 0.2) is 78.1 Å². The van der Waals surface area contributed by atoms with Crippen molar-refractivity contribution >= 4 is 23.2 Å². The number of anilines is 1. The molecule has 0 fully saturated rings. The lowest BCUT2D eigenvalue weighted by atomic mass is 10.1. The number of rotatable bonds is 6. The number of hydrogen-bond donors (Lipinski definition) is 1. The fraction of sp³-hybridized carbons (Fsp3) is 0.0952. The van der Waals surface area contributed by atoms with E-state index in [4.69, 9.17) is 11.6 Å².